The minimum atomic E-state index is -0.323. The Balaban J connectivity index is 1.82. The summed E-state index contributed by atoms with van der Waals surface area (Å²) in [6.07, 6.45) is 0. The average Bonchev–Trinajstić information content (AvgIpc) is 2.63. The van der Waals surface area contributed by atoms with Crippen molar-refractivity contribution < 1.29 is 14.3 Å². The molecular weight excluding hydrogens is 389 g/mol. The van der Waals surface area contributed by atoms with Gasteiger partial charge in [-0.15, -0.1) is 0 Å². The number of likely N-dealkylation sites (N-methyl/N-ethyl adjacent to an activating group) is 1. The van der Waals surface area contributed by atoms with E-state index in [0.29, 0.717) is 45.8 Å². The molecule has 0 saturated carbocycles. The fourth-order valence-electron chi connectivity index (χ4n) is 2.67. The predicted molar refractivity (Wildman–Crippen MR) is 107 cm³/mol. The molecule has 1 N–H and O–H groups in total. The molecule has 3 rings (SSSR count). The van der Waals surface area contributed by atoms with Crippen LogP contribution in [0.2, 0.25) is 10.0 Å². The maximum absolute atomic E-state index is 12.5. The van der Waals surface area contributed by atoms with E-state index in [1.165, 1.54) is 6.07 Å². The number of ether oxygens (including phenoxy) is 1. The number of fused-ring (bicyclic) bond motifs is 1. The zero-order chi connectivity index (χ0) is 19.6. The van der Waals surface area contributed by atoms with Crippen LogP contribution in [0.25, 0.3) is 0 Å². The van der Waals surface area contributed by atoms with Crippen LogP contribution in [0.1, 0.15) is 10.4 Å². The molecule has 27 heavy (non-hydrogen) atoms. The van der Waals surface area contributed by atoms with Crippen LogP contribution in [-0.2, 0) is 4.79 Å². The summed E-state index contributed by atoms with van der Waals surface area (Å²) >= 11 is 11.9. The van der Waals surface area contributed by atoms with Crippen molar-refractivity contribution in [2.45, 2.75) is 0 Å². The molecule has 0 bridgehead atoms. The topological polar surface area (TPSA) is 61.9 Å². The molecule has 2 aromatic carbocycles. The molecule has 0 unspecified atom stereocenters. The number of halogens is 2. The minimum absolute atomic E-state index is 0.00933. The molecule has 0 saturated heterocycles. The molecule has 2 aromatic rings. The van der Waals surface area contributed by atoms with Crippen molar-refractivity contribution >= 4 is 46.4 Å². The second-order valence-corrected chi connectivity index (χ2v) is 7.22. The molecule has 0 aliphatic carbocycles. The number of anilines is 2. The van der Waals surface area contributed by atoms with Gasteiger partial charge in [0.1, 0.15) is 5.75 Å². The van der Waals surface area contributed by atoms with Crippen LogP contribution in [0.4, 0.5) is 11.4 Å². The summed E-state index contributed by atoms with van der Waals surface area (Å²) in [4.78, 5) is 28.4. The van der Waals surface area contributed by atoms with Crippen LogP contribution in [0.5, 0.6) is 5.75 Å². The maximum atomic E-state index is 12.5. The quantitative estimate of drug-likeness (QED) is 0.823. The molecule has 1 aliphatic rings. The number of benzene rings is 2. The number of amides is 2. The zero-order valence-corrected chi connectivity index (χ0v) is 16.5. The molecule has 0 spiro atoms. The Morgan fingerprint density at radius 1 is 1.19 bits per heavy atom. The fourth-order valence-corrected chi connectivity index (χ4v) is 2.96. The summed E-state index contributed by atoms with van der Waals surface area (Å²) in [5.74, 6) is 0.176. The standard InChI is InChI=1S/C19H19Cl2N3O3/c1-23(2)7-8-24-16-10-13(4-6-17(16)27-11-18(24)25)22-19(26)12-3-5-14(20)15(21)9-12/h3-6,9-10H,7-8,11H2,1-2H3,(H,22,26). The number of carbonyl (C=O) groups is 2. The summed E-state index contributed by atoms with van der Waals surface area (Å²) in [5, 5.41) is 3.50. The Hall–Kier alpha value is -2.28. The predicted octanol–water partition coefficient (Wildman–Crippen LogP) is 3.53. The summed E-state index contributed by atoms with van der Waals surface area (Å²) < 4.78 is 5.50. The second kappa shape index (κ2) is 8.17. The summed E-state index contributed by atoms with van der Waals surface area (Å²) in [5.41, 5.74) is 1.58. The van der Waals surface area contributed by atoms with Gasteiger partial charge in [-0.25, -0.2) is 0 Å². The highest BCUT2D eigenvalue weighted by atomic mass is 35.5. The highest BCUT2D eigenvalue weighted by Crippen LogP contribution is 2.34. The van der Waals surface area contributed by atoms with Gasteiger partial charge in [-0.2, -0.15) is 0 Å². The lowest BCUT2D eigenvalue weighted by molar-refractivity contribution is -0.121. The molecular formula is C19H19Cl2N3O3. The van der Waals surface area contributed by atoms with E-state index >= 15 is 0 Å². The lowest BCUT2D eigenvalue weighted by atomic mass is 10.1. The average molecular weight is 408 g/mol. The summed E-state index contributed by atoms with van der Waals surface area (Å²) in [6, 6.07) is 9.88. The number of hydrogen-bond donors (Lipinski definition) is 1. The van der Waals surface area contributed by atoms with E-state index in [2.05, 4.69) is 5.32 Å². The third-order valence-electron chi connectivity index (χ3n) is 4.11. The van der Waals surface area contributed by atoms with E-state index in [1.54, 1.807) is 35.2 Å². The Morgan fingerprint density at radius 2 is 1.96 bits per heavy atom. The van der Waals surface area contributed by atoms with Crippen LogP contribution in [0, 0.1) is 0 Å². The number of rotatable bonds is 5. The van der Waals surface area contributed by atoms with Gasteiger partial charge in [-0.3, -0.25) is 9.59 Å². The van der Waals surface area contributed by atoms with Crippen LogP contribution < -0.4 is 15.0 Å². The third kappa shape index (κ3) is 4.53. The first-order valence-corrected chi connectivity index (χ1v) is 9.09. The molecule has 6 nitrogen and oxygen atoms in total. The van der Waals surface area contributed by atoms with Crippen molar-refractivity contribution in [2.75, 3.05) is 44.0 Å². The van der Waals surface area contributed by atoms with Crippen LogP contribution in [-0.4, -0.2) is 50.5 Å². The van der Waals surface area contributed by atoms with E-state index in [-0.39, 0.29) is 18.4 Å². The van der Waals surface area contributed by atoms with Gasteiger partial charge in [0, 0.05) is 24.3 Å². The molecule has 0 fully saturated rings. The lowest BCUT2D eigenvalue weighted by Crippen LogP contribution is -2.42. The first-order chi connectivity index (χ1) is 12.8. The van der Waals surface area contributed by atoms with Crippen molar-refractivity contribution in [1.82, 2.24) is 4.90 Å². The molecule has 8 heteroatoms. The first-order valence-electron chi connectivity index (χ1n) is 8.33. The van der Waals surface area contributed by atoms with E-state index in [9.17, 15) is 9.59 Å². The first kappa shape index (κ1) is 19.5. The van der Waals surface area contributed by atoms with Crippen LogP contribution >= 0.6 is 23.2 Å². The van der Waals surface area contributed by atoms with Gasteiger partial charge in [-0.1, -0.05) is 23.2 Å². The number of nitrogens with one attached hydrogen (secondary N) is 1. The van der Waals surface area contributed by atoms with Crippen molar-refractivity contribution in [1.29, 1.82) is 0 Å². The third-order valence-corrected chi connectivity index (χ3v) is 4.85. The summed E-state index contributed by atoms with van der Waals surface area (Å²) in [7, 11) is 3.89. The van der Waals surface area contributed by atoms with Gasteiger partial charge in [0.2, 0.25) is 0 Å². The largest absolute Gasteiger partial charge is 0.482 e. The zero-order valence-electron chi connectivity index (χ0n) is 15.0. The minimum Gasteiger partial charge on any atom is -0.482 e. The highest BCUT2D eigenvalue weighted by molar-refractivity contribution is 6.42. The van der Waals surface area contributed by atoms with Crippen molar-refractivity contribution in [3.05, 3.63) is 52.0 Å². The van der Waals surface area contributed by atoms with Gasteiger partial charge in [0.25, 0.3) is 11.8 Å². The van der Waals surface area contributed by atoms with E-state index in [1.807, 2.05) is 19.0 Å². The normalized spacial score (nSPS) is 13.4. The number of hydrogen-bond acceptors (Lipinski definition) is 4. The van der Waals surface area contributed by atoms with Crippen LogP contribution in [0.15, 0.2) is 36.4 Å². The summed E-state index contributed by atoms with van der Waals surface area (Å²) in [6.45, 7) is 1.26. The Bertz CT molecular complexity index is 886. The maximum Gasteiger partial charge on any atom is 0.265 e. The van der Waals surface area contributed by atoms with E-state index < -0.39 is 0 Å². The fraction of sp³-hybridized carbons (Fsp3) is 0.263. The Kier molecular flexibility index (Phi) is 5.89. The Labute approximate surface area is 167 Å². The van der Waals surface area contributed by atoms with Gasteiger partial charge in [0.05, 0.1) is 15.7 Å². The van der Waals surface area contributed by atoms with Gasteiger partial charge >= 0.3 is 0 Å². The molecule has 2 amide bonds. The van der Waals surface area contributed by atoms with Crippen molar-refractivity contribution in [3.63, 3.8) is 0 Å². The highest BCUT2D eigenvalue weighted by Gasteiger charge is 2.26. The van der Waals surface area contributed by atoms with Crippen molar-refractivity contribution in [3.8, 4) is 5.75 Å². The number of nitrogens with zero attached hydrogens (tertiary/aromatic N) is 2. The molecule has 0 radical (unpaired) electrons. The SMILES string of the molecule is CN(C)CCN1C(=O)COc2ccc(NC(=O)c3ccc(Cl)c(Cl)c3)cc21. The van der Waals surface area contributed by atoms with E-state index in [0.717, 1.165) is 0 Å². The van der Waals surface area contributed by atoms with E-state index in [4.69, 9.17) is 27.9 Å². The molecule has 142 valence electrons. The second-order valence-electron chi connectivity index (χ2n) is 6.40. The Morgan fingerprint density at radius 3 is 2.67 bits per heavy atom. The molecule has 0 aromatic heterocycles. The number of carbonyl (C=O) groups excluding carboxylic acids is 2. The van der Waals surface area contributed by atoms with Crippen LogP contribution in [0.3, 0.4) is 0 Å². The lowest BCUT2D eigenvalue weighted by Gasteiger charge is -2.30. The molecule has 1 aliphatic heterocycles. The molecule has 1 heterocycles. The van der Waals surface area contributed by atoms with Gasteiger partial charge in [-0.05, 0) is 50.5 Å². The van der Waals surface area contributed by atoms with Crippen molar-refractivity contribution in [2.24, 2.45) is 0 Å². The molecule has 0 atom stereocenters. The van der Waals surface area contributed by atoms with Gasteiger partial charge < -0.3 is 19.9 Å². The van der Waals surface area contributed by atoms with Gasteiger partial charge in [0.15, 0.2) is 6.61 Å². The monoisotopic (exact) mass is 407 g/mol. The smallest absolute Gasteiger partial charge is 0.265 e.